The zero-order valence-electron chi connectivity index (χ0n) is 15.4. The molecule has 0 unspecified atom stereocenters. The molecule has 1 heterocycles. The van der Waals surface area contributed by atoms with E-state index in [0.29, 0.717) is 36.3 Å². The highest BCUT2D eigenvalue weighted by atomic mass is 79.9. The molecule has 25 heavy (non-hydrogen) atoms. The van der Waals surface area contributed by atoms with Crippen molar-refractivity contribution >= 4 is 15.9 Å². The Labute approximate surface area is 158 Å². The first-order chi connectivity index (χ1) is 11.8. The summed E-state index contributed by atoms with van der Waals surface area (Å²) in [4.78, 5) is 4.44. The van der Waals surface area contributed by atoms with Crippen molar-refractivity contribution in [1.29, 1.82) is 0 Å². The average molecular weight is 422 g/mol. The largest absolute Gasteiger partial charge is 0.391 e. The van der Waals surface area contributed by atoms with Gasteiger partial charge in [-0.3, -0.25) is 0 Å². The van der Waals surface area contributed by atoms with E-state index in [1.54, 1.807) is 5.57 Å². The Morgan fingerprint density at radius 2 is 1.92 bits per heavy atom. The molecule has 0 bridgehead atoms. The van der Waals surface area contributed by atoms with Crippen molar-refractivity contribution in [3.63, 3.8) is 0 Å². The fraction of sp³-hybridized carbons (Fsp3) is 0.900. The van der Waals surface area contributed by atoms with Crippen molar-refractivity contribution < 1.29 is 13.2 Å². The third-order valence-electron chi connectivity index (χ3n) is 7.46. The van der Waals surface area contributed by atoms with Crippen LogP contribution < -0.4 is 0 Å². The minimum absolute atomic E-state index is 0.275. The topological polar surface area (TPSA) is 3.24 Å². The first-order valence-corrected chi connectivity index (χ1v) is 10.8. The minimum Gasteiger partial charge on any atom is -0.303 e. The Kier molecular flexibility index (Phi) is 5.94. The van der Waals surface area contributed by atoms with Crippen LogP contribution in [-0.4, -0.2) is 30.7 Å². The van der Waals surface area contributed by atoms with Crippen molar-refractivity contribution in [3.8, 4) is 0 Å². The van der Waals surface area contributed by atoms with E-state index in [4.69, 9.17) is 0 Å². The van der Waals surface area contributed by atoms with E-state index < -0.39 is 12.1 Å². The molecule has 0 aromatic heterocycles. The van der Waals surface area contributed by atoms with E-state index in [1.807, 2.05) is 0 Å². The second-order valence-corrected chi connectivity index (χ2v) is 9.33. The molecule has 0 spiro atoms. The number of fused-ring (bicyclic) bond motifs is 1. The van der Waals surface area contributed by atoms with Crippen LogP contribution >= 0.6 is 15.9 Å². The summed E-state index contributed by atoms with van der Waals surface area (Å²) in [5.41, 5.74) is 1.95. The molecule has 0 aromatic carbocycles. The lowest BCUT2D eigenvalue weighted by Gasteiger charge is -2.45. The van der Waals surface area contributed by atoms with Gasteiger partial charge >= 0.3 is 6.18 Å². The fourth-order valence-electron chi connectivity index (χ4n) is 6.12. The van der Waals surface area contributed by atoms with Gasteiger partial charge in [0.15, 0.2) is 0 Å². The van der Waals surface area contributed by atoms with Gasteiger partial charge in [-0.15, -0.1) is 0 Å². The van der Waals surface area contributed by atoms with Crippen LogP contribution in [0.1, 0.15) is 58.8 Å². The highest BCUT2D eigenvalue weighted by Gasteiger charge is 2.51. The van der Waals surface area contributed by atoms with Crippen molar-refractivity contribution in [2.24, 2.45) is 29.1 Å². The van der Waals surface area contributed by atoms with Crippen LogP contribution in [0, 0.1) is 29.1 Å². The van der Waals surface area contributed by atoms with Crippen molar-refractivity contribution in [3.05, 3.63) is 10.6 Å². The molecule has 0 aromatic rings. The first-order valence-electron chi connectivity index (χ1n) is 9.84. The molecule has 3 rings (SSSR count). The van der Waals surface area contributed by atoms with E-state index in [0.717, 1.165) is 6.54 Å². The van der Waals surface area contributed by atoms with Gasteiger partial charge in [0.1, 0.15) is 0 Å². The van der Waals surface area contributed by atoms with Crippen LogP contribution in [0.5, 0.6) is 0 Å². The average Bonchev–Trinajstić information content (AvgIpc) is 2.91. The number of alkyl halides is 3. The van der Waals surface area contributed by atoms with Gasteiger partial charge in [0.05, 0.1) is 5.92 Å². The van der Waals surface area contributed by atoms with Crippen LogP contribution in [-0.2, 0) is 0 Å². The third kappa shape index (κ3) is 3.97. The molecule has 0 N–H and O–H groups in total. The number of piperidine rings is 1. The zero-order valence-corrected chi connectivity index (χ0v) is 17.0. The van der Waals surface area contributed by atoms with Crippen LogP contribution in [0.25, 0.3) is 0 Å². The molecule has 2 aliphatic carbocycles. The molecule has 1 saturated heterocycles. The summed E-state index contributed by atoms with van der Waals surface area (Å²) in [6, 6.07) is 0. The summed E-state index contributed by atoms with van der Waals surface area (Å²) >= 11 is 3.57. The van der Waals surface area contributed by atoms with Crippen LogP contribution in [0.2, 0.25) is 0 Å². The van der Waals surface area contributed by atoms with E-state index >= 15 is 0 Å². The maximum absolute atomic E-state index is 12.9. The Morgan fingerprint density at radius 3 is 2.52 bits per heavy atom. The molecular weight excluding hydrogens is 391 g/mol. The fourth-order valence-corrected chi connectivity index (χ4v) is 6.67. The SMILES string of the molecule is C[C@H](CN1CCC(C(F)(F)F)CC1)[C@H]1CC[C@H]2/C(=C/Br)CCC[C@]12C. The lowest BCUT2D eigenvalue weighted by Crippen LogP contribution is -2.43. The van der Waals surface area contributed by atoms with Crippen molar-refractivity contribution in [2.45, 2.75) is 65.0 Å². The lowest BCUT2D eigenvalue weighted by atomic mass is 9.61. The first kappa shape index (κ1) is 19.7. The molecule has 1 nitrogen and oxygen atoms in total. The molecule has 3 fully saturated rings. The summed E-state index contributed by atoms with van der Waals surface area (Å²) < 4.78 is 38.6. The van der Waals surface area contributed by atoms with Gasteiger partial charge in [0.25, 0.3) is 0 Å². The Hall–Kier alpha value is -0.0300. The molecule has 0 radical (unpaired) electrons. The quantitative estimate of drug-likeness (QED) is 0.509. The smallest absolute Gasteiger partial charge is 0.303 e. The predicted octanol–water partition coefficient (Wildman–Crippen LogP) is 6.39. The van der Waals surface area contributed by atoms with Crippen LogP contribution in [0.4, 0.5) is 13.2 Å². The van der Waals surface area contributed by atoms with E-state index in [2.05, 4.69) is 39.7 Å². The number of likely N-dealkylation sites (tertiary alicyclic amines) is 1. The van der Waals surface area contributed by atoms with Crippen molar-refractivity contribution in [1.82, 2.24) is 4.90 Å². The minimum atomic E-state index is -4.01. The summed E-state index contributed by atoms with van der Waals surface area (Å²) in [5, 5.41) is 0. The lowest BCUT2D eigenvalue weighted by molar-refractivity contribution is -0.185. The summed E-state index contributed by atoms with van der Waals surface area (Å²) in [6.45, 7) is 6.98. The number of hydrogen-bond acceptors (Lipinski definition) is 1. The third-order valence-corrected chi connectivity index (χ3v) is 8.05. The number of nitrogens with zero attached hydrogens (tertiary/aromatic N) is 1. The van der Waals surface area contributed by atoms with E-state index in [9.17, 15) is 13.2 Å². The number of hydrogen-bond donors (Lipinski definition) is 0. The Bertz CT molecular complexity index is 496. The maximum Gasteiger partial charge on any atom is 0.391 e. The molecule has 2 saturated carbocycles. The normalized spacial score (nSPS) is 38.1. The zero-order chi connectivity index (χ0) is 18.2. The second-order valence-electron chi connectivity index (χ2n) is 8.87. The van der Waals surface area contributed by atoms with Gasteiger partial charge in [-0.2, -0.15) is 13.2 Å². The van der Waals surface area contributed by atoms with Gasteiger partial charge in [-0.25, -0.2) is 0 Å². The summed E-state index contributed by atoms with van der Waals surface area (Å²) in [7, 11) is 0. The van der Waals surface area contributed by atoms with Crippen molar-refractivity contribution in [2.75, 3.05) is 19.6 Å². The monoisotopic (exact) mass is 421 g/mol. The van der Waals surface area contributed by atoms with Crippen LogP contribution in [0.3, 0.4) is 0 Å². The summed E-state index contributed by atoms with van der Waals surface area (Å²) in [6.07, 6.45) is 2.87. The molecule has 0 amide bonds. The highest BCUT2D eigenvalue weighted by molar-refractivity contribution is 9.11. The van der Waals surface area contributed by atoms with Gasteiger partial charge < -0.3 is 4.90 Å². The van der Waals surface area contributed by atoms with Gasteiger partial charge in [-0.1, -0.05) is 35.4 Å². The maximum atomic E-state index is 12.9. The highest BCUT2D eigenvalue weighted by Crippen LogP contribution is 2.59. The number of rotatable bonds is 3. The predicted molar refractivity (Wildman–Crippen MR) is 99.6 cm³/mol. The molecular formula is C20H31BrF3N. The molecule has 5 heteroatoms. The Morgan fingerprint density at radius 1 is 1.24 bits per heavy atom. The standard InChI is InChI=1S/C20H31BrF3N/c1-14(13-25-10-7-16(8-11-25)20(22,23)24)17-5-6-18-15(12-21)4-3-9-19(17,18)2/h12,14,16-18H,3-11,13H2,1-2H3/b15-12+/t14-,17-,18+,19-/m1/s1. The van der Waals surface area contributed by atoms with Gasteiger partial charge in [0, 0.05) is 6.54 Å². The van der Waals surface area contributed by atoms with Gasteiger partial charge in [-0.05, 0) is 86.2 Å². The van der Waals surface area contributed by atoms with E-state index in [1.165, 1.54) is 32.1 Å². The molecule has 144 valence electrons. The molecule has 1 aliphatic heterocycles. The Balaban J connectivity index is 1.58. The second kappa shape index (κ2) is 7.53. The number of allylic oxidation sites excluding steroid dienone is 1. The van der Waals surface area contributed by atoms with Crippen LogP contribution in [0.15, 0.2) is 10.6 Å². The summed E-state index contributed by atoms with van der Waals surface area (Å²) in [5.74, 6) is 0.870. The molecule has 3 aliphatic rings. The van der Waals surface area contributed by atoms with Gasteiger partial charge in [0.2, 0.25) is 0 Å². The number of halogens is 4. The van der Waals surface area contributed by atoms with E-state index in [-0.39, 0.29) is 12.8 Å². The molecule has 4 atom stereocenters.